The number of piperidine rings is 1. The molecule has 2 fully saturated rings. The van der Waals surface area contributed by atoms with Gasteiger partial charge < -0.3 is 18.7 Å². The quantitative estimate of drug-likeness (QED) is 0.836. The van der Waals surface area contributed by atoms with Crippen molar-refractivity contribution in [1.82, 2.24) is 10.0 Å². The van der Waals surface area contributed by atoms with Crippen LogP contribution in [0.4, 0.5) is 0 Å². The number of benzene rings is 1. The highest BCUT2D eigenvalue weighted by Crippen LogP contribution is 2.31. The molecule has 0 saturated carbocycles. The van der Waals surface area contributed by atoms with Crippen LogP contribution in [0.2, 0.25) is 0 Å². The van der Waals surface area contributed by atoms with Crippen molar-refractivity contribution < 1.29 is 23.5 Å². The van der Waals surface area contributed by atoms with Gasteiger partial charge in [0, 0.05) is 25.9 Å². The molecule has 116 valence electrons. The second-order valence-corrected chi connectivity index (χ2v) is 5.42. The van der Waals surface area contributed by atoms with Crippen LogP contribution in [0.15, 0.2) is 29.0 Å². The van der Waals surface area contributed by atoms with Gasteiger partial charge in [-0.2, -0.15) is 0 Å². The number of aromatic nitrogens is 1. The molecule has 0 amide bonds. The molecule has 7 heteroatoms. The van der Waals surface area contributed by atoms with Gasteiger partial charge in [-0.05, 0) is 12.1 Å². The fourth-order valence-corrected chi connectivity index (χ4v) is 2.92. The first-order chi connectivity index (χ1) is 10.8. The Balaban J connectivity index is 1.43. The van der Waals surface area contributed by atoms with Crippen molar-refractivity contribution >= 4 is 17.1 Å². The fourth-order valence-electron chi connectivity index (χ4n) is 2.92. The molecule has 0 N–H and O–H groups in total. The third kappa shape index (κ3) is 2.37. The molecular weight excluding hydrogens is 288 g/mol. The highest BCUT2D eigenvalue weighted by atomic mass is 16.7. The maximum Gasteiger partial charge on any atom is 0.359 e. The summed E-state index contributed by atoms with van der Waals surface area (Å²) >= 11 is 0. The van der Waals surface area contributed by atoms with Crippen molar-refractivity contribution in [2.24, 2.45) is 0 Å². The molecule has 0 unspecified atom stereocenters. The first-order valence-corrected chi connectivity index (χ1v) is 7.33. The number of carbonyl (C=O) groups is 1. The van der Waals surface area contributed by atoms with Crippen molar-refractivity contribution in [2.75, 3.05) is 26.3 Å². The SMILES string of the molecule is O=C(ON1CCC2(CC1)OCCO2)c1cccc2ocnc12. The van der Waals surface area contributed by atoms with Crippen molar-refractivity contribution in [3.63, 3.8) is 0 Å². The molecule has 1 spiro atoms. The molecule has 2 saturated heterocycles. The lowest BCUT2D eigenvalue weighted by atomic mass is 10.1. The van der Waals surface area contributed by atoms with Crippen LogP contribution >= 0.6 is 0 Å². The van der Waals surface area contributed by atoms with Crippen LogP contribution in [0.3, 0.4) is 0 Å². The van der Waals surface area contributed by atoms with Crippen molar-refractivity contribution in [1.29, 1.82) is 0 Å². The van der Waals surface area contributed by atoms with Gasteiger partial charge in [0.25, 0.3) is 0 Å². The highest BCUT2D eigenvalue weighted by molar-refractivity contribution is 6.01. The number of nitrogens with zero attached hydrogens (tertiary/aromatic N) is 2. The zero-order valence-corrected chi connectivity index (χ0v) is 12.0. The summed E-state index contributed by atoms with van der Waals surface area (Å²) in [6.45, 7) is 2.43. The molecule has 0 bridgehead atoms. The highest BCUT2D eigenvalue weighted by Gasteiger charge is 2.40. The number of carbonyl (C=O) groups excluding carboxylic acids is 1. The Morgan fingerprint density at radius 2 is 2.00 bits per heavy atom. The van der Waals surface area contributed by atoms with Crippen molar-refractivity contribution in [3.8, 4) is 0 Å². The molecule has 4 rings (SSSR count). The van der Waals surface area contributed by atoms with Crippen LogP contribution in [0.25, 0.3) is 11.1 Å². The monoisotopic (exact) mass is 304 g/mol. The number of hydrogen-bond donors (Lipinski definition) is 0. The molecule has 22 heavy (non-hydrogen) atoms. The molecule has 2 aliphatic rings. The Kier molecular flexibility index (Phi) is 3.33. The second-order valence-electron chi connectivity index (χ2n) is 5.42. The van der Waals surface area contributed by atoms with E-state index < -0.39 is 11.8 Å². The summed E-state index contributed by atoms with van der Waals surface area (Å²) in [5.74, 6) is -0.904. The van der Waals surface area contributed by atoms with E-state index in [1.807, 2.05) is 0 Å². The van der Waals surface area contributed by atoms with Gasteiger partial charge in [0.05, 0.1) is 18.8 Å². The van der Waals surface area contributed by atoms with E-state index in [4.69, 9.17) is 18.7 Å². The molecule has 0 aliphatic carbocycles. The van der Waals surface area contributed by atoms with Gasteiger partial charge in [0.15, 0.2) is 17.8 Å². The minimum atomic E-state index is -0.477. The summed E-state index contributed by atoms with van der Waals surface area (Å²) in [6, 6.07) is 5.19. The van der Waals surface area contributed by atoms with Gasteiger partial charge in [0.1, 0.15) is 5.52 Å². The number of oxazole rings is 1. The van der Waals surface area contributed by atoms with E-state index >= 15 is 0 Å². The van der Waals surface area contributed by atoms with Crippen LogP contribution in [-0.2, 0) is 14.3 Å². The number of para-hydroxylation sites is 1. The van der Waals surface area contributed by atoms with Crippen LogP contribution in [0.1, 0.15) is 23.2 Å². The number of hydroxylamine groups is 2. The zero-order chi connectivity index (χ0) is 15.0. The number of hydrogen-bond acceptors (Lipinski definition) is 7. The summed E-state index contributed by atoms with van der Waals surface area (Å²) in [4.78, 5) is 21.9. The standard InChI is InChI=1S/C15H16N2O5/c18-14(11-2-1-3-12-13(11)16-10-19-12)22-17-6-4-15(5-7-17)20-8-9-21-15/h1-3,10H,4-9H2. The van der Waals surface area contributed by atoms with Crippen molar-refractivity contribution in [2.45, 2.75) is 18.6 Å². The van der Waals surface area contributed by atoms with Gasteiger partial charge in [-0.25, -0.2) is 9.78 Å². The lowest BCUT2D eigenvalue weighted by molar-refractivity contribution is -0.224. The molecule has 0 radical (unpaired) electrons. The Bertz CT molecular complexity index is 682. The molecule has 2 aromatic rings. The van der Waals surface area contributed by atoms with Gasteiger partial charge in [0.2, 0.25) is 0 Å². The van der Waals surface area contributed by atoms with Gasteiger partial charge in [-0.15, -0.1) is 5.06 Å². The Morgan fingerprint density at radius 1 is 1.23 bits per heavy atom. The minimum Gasteiger partial charge on any atom is -0.443 e. The molecule has 1 aromatic heterocycles. The molecular formula is C15H16N2O5. The third-order valence-electron chi connectivity index (χ3n) is 4.09. The normalized spacial score (nSPS) is 21.5. The number of rotatable bonds is 2. The summed E-state index contributed by atoms with van der Waals surface area (Å²) in [5.41, 5.74) is 1.49. The third-order valence-corrected chi connectivity index (χ3v) is 4.09. The zero-order valence-electron chi connectivity index (χ0n) is 12.0. The van der Waals surface area contributed by atoms with E-state index in [1.54, 1.807) is 23.3 Å². The van der Waals surface area contributed by atoms with Gasteiger partial charge in [-0.3, -0.25) is 0 Å². The lowest BCUT2D eigenvalue weighted by Crippen LogP contribution is -2.45. The smallest absolute Gasteiger partial charge is 0.359 e. The number of ether oxygens (including phenoxy) is 2. The van der Waals surface area contributed by atoms with Crippen LogP contribution in [0, 0.1) is 0 Å². The maximum absolute atomic E-state index is 12.3. The van der Waals surface area contributed by atoms with E-state index in [9.17, 15) is 4.79 Å². The van der Waals surface area contributed by atoms with E-state index in [1.165, 1.54) is 6.39 Å². The largest absolute Gasteiger partial charge is 0.443 e. The Hall–Kier alpha value is -1.96. The summed E-state index contributed by atoms with van der Waals surface area (Å²) in [6.07, 6.45) is 2.70. The fraction of sp³-hybridized carbons (Fsp3) is 0.467. The topological polar surface area (TPSA) is 74.0 Å². The van der Waals surface area contributed by atoms with E-state index in [0.29, 0.717) is 55.8 Å². The predicted octanol–water partition coefficient (Wildman–Crippen LogP) is 1.74. The average molecular weight is 304 g/mol. The Labute approximate surface area is 126 Å². The Morgan fingerprint density at radius 3 is 2.77 bits per heavy atom. The van der Waals surface area contributed by atoms with Gasteiger partial charge in [-0.1, -0.05) is 6.07 Å². The summed E-state index contributed by atoms with van der Waals surface area (Å²) < 4.78 is 16.5. The van der Waals surface area contributed by atoms with Crippen LogP contribution in [-0.4, -0.2) is 48.1 Å². The molecule has 0 atom stereocenters. The van der Waals surface area contributed by atoms with E-state index in [2.05, 4.69) is 4.98 Å². The summed E-state index contributed by atoms with van der Waals surface area (Å²) in [7, 11) is 0. The van der Waals surface area contributed by atoms with Gasteiger partial charge >= 0.3 is 5.97 Å². The second kappa shape index (κ2) is 5.35. The van der Waals surface area contributed by atoms with Crippen LogP contribution < -0.4 is 0 Å². The van der Waals surface area contributed by atoms with Crippen molar-refractivity contribution in [3.05, 3.63) is 30.2 Å². The first kappa shape index (κ1) is 13.7. The molecule has 2 aliphatic heterocycles. The minimum absolute atomic E-state index is 0.403. The first-order valence-electron chi connectivity index (χ1n) is 7.33. The van der Waals surface area contributed by atoms with Crippen LogP contribution in [0.5, 0.6) is 0 Å². The lowest BCUT2D eigenvalue weighted by Gasteiger charge is -2.36. The molecule has 1 aromatic carbocycles. The number of fused-ring (bicyclic) bond motifs is 1. The maximum atomic E-state index is 12.3. The van der Waals surface area contributed by atoms with E-state index in [-0.39, 0.29) is 0 Å². The molecule has 7 nitrogen and oxygen atoms in total. The average Bonchev–Trinajstić information content (AvgIpc) is 3.19. The summed E-state index contributed by atoms with van der Waals surface area (Å²) in [5, 5.41) is 1.65. The van der Waals surface area contributed by atoms with E-state index in [0.717, 1.165) is 0 Å². The molecule has 3 heterocycles. The predicted molar refractivity (Wildman–Crippen MR) is 74.9 cm³/mol.